The molecule has 2 aromatic carbocycles. The maximum atomic E-state index is 12.0. The monoisotopic (exact) mass is 382 g/mol. The Bertz CT molecular complexity index is 738. The van der Waals surface area contributed by atoms with E-state index >= 15 is 0 Å². The molecule has 2 aromatic rings. The van der Waals surface area contributed by atoms with Gasteiger partial charge in [0, 0.05) is 22.7 Å². The quantitative estimate of drug-likeness (QED) is 0.729. The van der Waals surface area contributed by atoms with Gasteiger partial charge in [0.05, 0.1) is 26.5 Å². The van der Waals surface area contributed by atoms with Gasteiger partial charge in [0.25, 0.3) is 0 Å². The molecule has 0 unspecified atom stereocenters. The Labute approximate surface area is 157 Å². The second-order valence-corrected chi connectivity index (χ2v) is 6.10. The van der Waals surface area contributed by atoms with E-state index in [1.54, 1.807) is 44.6 Å². The molecule has 0 aliphatic rings. The number of benzene rings is 2. The molecule has 0 aromatic heterocycles. The SMILES string of the molecule is COc1ccc(OC)c(NCC(=O)NCCc2ccc(Cl)cc2Cl)c1. The van der Waals surface area contributed by atoms with Gasteiger partial charge in [-0.15, -0.1) is 0 Å². The minimum absolute atomic E-state index is 0.123. The van der Waals surface area contributed by atoms with E-state index in [1.807, 2.05) is 6.07 Å². The Hall–Kier alpha value is -2.11. The Morgan fingerprint density at radius 1 is 1.08 bits per heavy atom. The van der Waals surface area contributed by atoms with E-state index in [0.29, 0.717) is 40.2 Å². The van der Waals surface area contributed by atoms with Crippen LogP contribution in [-0.2, 0) is 11.2 Å². The van der Waals surface area contributed by atoms with E-state index in [2.05, 4.69) is 10.6 Å². The summed E-state index contributed by atoms with van der Waals surface area (Å²) in [5.74, 6) is 1.19. The number of hydrogen-bond acceptors (Lipinski definition) is 4. The first-order valence-electron chi connectivity index (χ1n) is 7.70. The summed E-state index contributed by atoms with van der Waals surface area (Å²) in [5, 5.41) is 7.08. The Balaban J connectivity index is 1.83. The number of methoxy groups -OCH3 is 2. The van der Waals surface area contributed by atoms with E-state index in [-0.39, 0.29) is 12.5 Å². The number of anilines is 1. The second-order valence-electron chi connectivity index (χ2n) is 5.26. The molecule has 2 rings (SSSR count). The molecular weight excluding hydrogens is 363 g/mol. The molecule has 0 fully saturated rings. The fourth-order valence-electron chi connectivity index (χ4n) is 2.25. The zero-order chi connectivity index (χ0) is 18.2. The molecule has 0 spiro atoms. The molecule has 0 saturated carbocycles. The van der Waals surface area contributed by atoms with Crippen molar-refractivity contribution in [3.05, 3.63) is 52.0 Å². The van der Waals surface area contributed by atoms with Crippen LogP contribution in [0.5, 0.6) is 11.5 Å². The van der Waals surface area contributed by atoms with Crippen molar-refractivity contribution in [2.24, 2.45) is 0 Å². The number of halogens is 2. The Morgan fingerprint density at radius 2 is 1.88 bits per heavy atom. The van der Waals surface area contributed by atoms with Gasteiger partial charge in [0.1, 0.15) is 11.5 Å². The molecule has 1 amide bonds. The maximum Gasteiger partial charge on any atom is 0.239 e. The lowest BCUT2D eigenvalue weighted by Gasteiger charge is -2.13. The van der Waals surface area contributed by atoms with Crippen molar-refractivity contribution < 1.29 is 14.3 Å². The highest BCUT2D eigenvalue weighted by Crippen LogP contribution is 2.28. The average molecular weight is 383 g/mol. The molecule has 0 atom stereocenters. The highest BCUT2D eigenvalue weighted by molar-refractivity contribution is 6.35. The smallest absolute Gasteiger partial charge is 0.239 e. The van der Waals surface area contributed by atoms with E-state index in [4.69, 9.17) is 32.7 Å². The average Bonchev–Trinajstić information content (AvgIpc) is 2.61. The third-order valence-corrected chi connectivity index (χ3v) is 4.16. The zero-order valence-corrected chi connectivity index (χ0v) is 15.6. The molecule has 0 radical (unpaired) electrons. The first-order chi connectivity index (χ1) is 12.0. The van der Waals surface area contributed by atoms with Crippen LogP contribution in [0.1, 0.15) is 5.56 Å². The van der Waals surface area contributed by atoms with Crippen molar-refractivity contribution in [2.45, 2.75) is 6.42 Å². The predicted molar refractivity (Wildman–Crippen MR) is 101 cm³/mol. The van der Waals surface area contributed by atoms with Crippen molar-refractivity contribution in [3.63, 3.8) is 0 Å². The van der Waals surface area contributed by atoms with Gasteiger partial charge >= 0.3 is 0 Å². The number of carbonyl (C=O) groups is 1. The molecule has 0 bridgehead atoms. The van der Waals surface area contributed by atoms with Gasteiger partial charge in [-0.05, 0) is 36.2 Å². The van der Waals surface area contributed by atoms with Gasteiger partial charge in [-0.3, -0.25) is 4.79 Å². The highest BCUT2D eigenvalue weighted by Gasteiger charge is 2.08. The van der Waals surface area contributed by atoms with Crippen molar-refractivity contribution >= 4 is 34.8 Å². The molecule has 2 N–H and O–H groups in total. The van der Waals surface area contributed by atoms with Crippen molar-refractivity contribution in [3.8, 4) is 11.5 Å². The van der Waals surface area contributed by atoms with Gasteiger partial charge in [-0.1, -0.05) is 29.3 Å². The van der Waals surface area contributed by atoms with E-state index < -0.39 is 0 Å². The number of nitrogens with one attached hydrogen (secondary N) is 2. The third-order valence-electron chi connectivity index (χ3n) is 3.58. The van der Waals surface area contributed by atoms with Gasteiger partial charge in [-0.25, -0.2) is 0 Å². The lowest BCUT2D eigenvalue weighted by atomic mass is 10.1. The molecular formula is C18H20Cl2N2O3. The minimum atomic E-state index is -0.130. The molecule has 5 nitrogen and oxygen atoms in total. The number of ether oxygens (including phenoxy) is 2. The first kappa shape index (κ1) is 19.2. The van der Waals surface area contributed by atoms with Crippen LogP contribution in [0.15, 0.2) is 36.4 Å². The van der Waals surface area contributed by atoms with Gasteiger partial charge in [0.15, 0.2) is 0 Å². The highest BCUT2D eigenvalue weighted by atomic mass is 35.5. The lowest BCUT2D eigenvalue weighted by molar-refractivity contribution is -0.119. The number of rotatable bonds is 8. The molecule has 0 heterocycles. The normalized spacial score (nSPS) is 10.2. The fourth-order valence-corrected chi connectivity index (χ4v) is 2.75. The summed E-state index contributed by atoms with van der Waals surface area (Å²) >= 11 is 12.0. The summed E-state index contributed by atoms with van der Waals surface area (Å²) in [4.78, 5) is 12.0. The Kier molecular flexibility index (Phi) is 7.22. The van der Waals surface area contributed by atoms with Crippen molar-refractivity contribution in [1.29, 1.82) is 0 Å². The summed E-state index contributed by atoms with van der Waals surface area (Å²) in [6.45, 7) is 0.606. The van der Waals surface area contributed by atoms with E-state index in [9.17, 15) is 4.79 Å². The van der Waals surface area contributed by atoms with Gasteiger partial charge in [-0.2, -0.15) is 0 Å². The molecule has 7 heteroatoms. The summed E-state index contributed by atoms with van der Waals surface area (Å²) in [7, 11) is 3.16. The van der Waals surface area contributed by atoms with Gasteiger partial charge < -0.3 is 20.1 Å². The summed E-state index contributed by atoms with van der Waals surface area (Å²) in [6, 6.07) is 10.7. The Morgan fingerprint density at radius 3 is 2.56 bits per heavy atom. The standard InChI is InChI=1S/C18H20Cl2N2O3/c1-24-14-5-6-17(25-2)16(10-14)22-11-18(23)21-8-7-12-3-4-13(19)9-15(12)20/h3-6,9-10,22H,7-8,11H2,1-2H3,(H,21,23). The number of hydrogen-bond donors (Lipinski definition) is 2. The van der Waals surface area contributed by atoms with Gasteiger partial charge in [0.2, 0.25) is 5.91 Å². The zero-order valence-electron chi connectivity index (χ0n) is 14.1. The van der Waals surface area contributed by atoms with Crippen LogP contribution in [0.2, 0.25) is 10.0 Å². The number of amides is 1. The van der Waals surface area contributed by atoms with Crippen molar-refractivity contribution in [1.82, 2.24) is 5.32 Å². The maximum absolute atomic E-state index is 12.0. The molecule has 0 aliphatic carbocycles. The first-order valence-corrected chi connectivity index (χ1v) is 8.45. The summed E-state index contributed by atoms with van der Waals surface area (Å²) in [5.41, 5.74) is 1.63. The van der Waals surface area contributed by atoms with Crippen LogP contribution in [0.3, 0.4) is 0 Å². The number of carbonyl (C=O) groups excluding carboxylic acids is 1. The van der Waals surface area contributed by atoms with Crippen LogP contribution in [0, 0.1) is 0 Å². The van der Waals surface area contributed by atoms with Crippen LogP contribution in [0.4, 0.5) is 5.69 Å². The van der Waals surface area contributed by atoms with E-state index in [1.165, 1.54) is 0 Å². The van der Waals surface area contributed by atoms with Crippen molar-refractivity contribution in [2.75, 3.05) is 32.6 Å². The molecule has 134 valence electrons. The van der Waals surface area contributed by atoms with E-state index in [0.717, 1.165) is 5.56 Å². The third kappa shape index (κ3) is 5.73. The van der Waals surface area contributed by atoms with Crippen LogP contribution >= 0.6 is 23.2 Å². The van der Waals surface area contributed by atoms with Crippen LogP contribution < -0.4 is 20.1 Å². The molecule has 0 saturated heterocycles. The van der Waals surface area contributed by atoms with Crippen LogP contribution in [-0.4, -0.2) is 33.2 Å². The fraction of sp³-hybridized carbons (Fsp3) is 0.278. The summed E-state index contributed by atoms with van der Waals surface area (Å²) in [6.07, 6.45) is 0.629. The molecule has 0 aliphatic heterocycles. The summed E-state index contributed by atoms with van der Waals surface area (Å²) < 4.78 is 10.4. The topological polar surface area (TPSA) is 59.6 Å². The lowest BCUT2D eigenvalue weighted by Crippen LogP contribution is -2.31. The molecule has 25 heavy (non-hydrogen) atoms. The van der Waals surface area contributed by atoms with Crippen LogP contribution in [0.25, 0.3) is 0 Å². The minimum Gasteiger partial charge on any atom is -0.497 e. The predicted octanol–water partition coefficient (Wildman–Crippen LogP) is 3.78. The second kappa shape index (κ2) is 9.39. The largest absolute Gasteiger partial charge is 0.497 e.